The van der Waals surface area contributed by atoms with Gasteiger partial charge in [0.05, 0.1) is 0 Å². The lowest BCUT2D eigenvalue weighted by atomic mass is 10.00. The van der Waals surface area contributed by atoms with Gasteiger partial charge in [0, 0.05) is 39.3 Å². The minimum atomic E-state index is 0.0556. The molecule has 2 aliphatic heterocycles. The molecule has 0 spiro atoms. The third kappa shape index (κ3) is 3.44. The van der Waals surface area contributed by atoms with Crippen molar-refractivity contribution in [3.05, 3.63) is 59.3 Å². The van der Waals surface area contributed by atoms with Crippen molar-refractivity contribution in [2.24, 2.45) is 0 Å². The topological polar surface area (TPSA) is 39.7 Å². The minimum Gasteiger partial charge on any atom is -0.352 e. The molecule has 0 N–H and O–H groups in total. The van der Waals surface area contributed by atoms with Gasteiger partial charge < -0.3 is 14.7 Å². The summed E-state index contributed by atoms with van der Waals surface area (Å²) in [4.78, 5) is 24.1. The minimum absolute atomic E-state index is 0.0556. The van der Waals surface area contributed by atoms with Gasteiger partial charge in [0.25, 0.3) is 5.91 Å². The van der Waals surface area contributed by atoms with Gasteiger partial charge in [-0.2, -0.15) is 0 Å². The van der Waals surface area contributed by atoms with E-state index in [9.17, 15) is 4.79 Å². The Hall–Kier alpha value is -2.40. The van der Waals surface area contributed by atoms with Crippen LogP contribution >= 0.6 is 0 Å². The maximum atomic E-state index is 12.9. The first-order chi connectivity index (χ1) is 12.7. The third-order valence-corrected chi connectivity index (χ3v) is 5.51. The van der Waals surface area contributed by atoms with Gasteiger partial charge >= 0.3 is 0 Å². The van der Waals surface area contributed by atoms with E-state index in [-0.39, 0.29) is 5.91 Å². The standard InChI is InChI=1S/C21H26N4O/c1-2-23-12-14-24(15-13-23)21(26)19-8-5-9-20(22-19)25-11-10-17-6-3-4-7-18(17)16-25/h3-9H,2,10-16H2,1H3. The van der Waals surface area contributed by atoms with Gasteiger partial charge in [0.1, 0.15) is 11.5 Å². The molecule has 5 heteroatoms. The van der Waals surface area contributed by atoms with Crippen LogP contribution in [0.15, 0.2) is 42.5 Å². The highest BCUT2D eigenvalue weighted by Crippen LogP contribution is 2.23. The van der Waals surface area contributed by atoms with Crippen LogP contribution in [0.2, 0.25) is 0 Å². The highest BCUT2D eigenvalue weighted by molar-refractivity contribution is 5.92. The molecule has 5 nitrogen and oxygen atoms in total. The van der Waals surface area contributed by atoms with E-state index in [1.165, 1.54) is 11.1 Å². The molecule has 2 aromatic rings. The average Bonchev–Trinajstić information content (AvgIpc) is 2.73. The molecular weight excluding hydrogens is 324 g/mol. The number of likely N-dealkylation sites (N-methyl/N-ethyl adjacent to an activating group) is 1. The van der Waals surface area contributed by atoms with Gasteiger partial charge in [-0.15, -0.1) is 0 Å². The first-order valence-electron chi connectivity index (χ1n) is 9.55. The van der Waals surface area contributed by atoms with Crippen LogP contribution in [0.5, 0.6) is 0 Å². The van der Waals surface area contributed by atoms with Crippen LogP contribution in [0.3, 0.4) is 0 Å². The van der Waals surface area contributed by atoms with Crippen molar-refractivity contribution in [2.45, 2.75) is 19.9 Å². The van der Waals surface area contributed by atoms with Crippen molar-refractivity contribution in [3.8, 4) is 0 Å². The monoisotopic (exact) mass is 350 g/mol. The SMILES string of the molecule is CCN1CCN(C(=O)c2cccc(N3CCc4ccccc4C3)n2)CC1. The number of carbonyl (C=O) groups is 1. The Bertz CT molecular complexity index is 783. The first kappa shape index (κ1) is 17.0. The van der Waals surface area contributed by atoms with Crippen molar-refractivity contribution in [1.29, 1.82) is 0 Å². The van der Waals surface area contributed by atoms with Crippen LogP contribution in [0.25, 0.3) is 0 Å². The molecule has 0 unspecified atom stereocenters. The molecule has 1 aromatic heterocycles. The summed E-state index contributed by atoms with van der Waals surface area (Å²) in [5, 5.41) is 0. The smallest absolute Gasteiger partial charge is 0.272 e. The summed E-state index contributed by atoms with van der Waals surface area (Å²) in [6.07, 6.45) is 1.02. The number of carbonyl (C=O) groups excluding carboxylic acids is 1. The number of benzene rings is 1. The predicted octanol–water partition coefficient (Wildman–Crippen LogP) is 2.42. The average molecular weight is 350 g/mol. The van der Waals surface area contributed by atoms with Gasteiger partial charge in [-0.1, -0.05) is 37.3 Å². The molecule has 1 fully saturated rings. The largest absolute Gasteiger partial charge is 0.352 e. The fourth-order valence-electron chi connectivity index (χ4n) is 3.84. The molecule has 3 heterocycles. The van der Waals surface area contributed by atoms with Crippen LogP contribution in [0.1, 0.15) is 28.5 Å². The van der Waals surface area contributed by atoms with Gasteiger partial charge in [-0.25, -0.2) is 4.98 Å². The number of fused-ring (bicyclic) bond motifs is 1. The quantitative estimate of drug-likeness (QED) is 0.852. The number of nitrogens with zero attached hydrogens (tertiary/aromatic N) is 4. The number of aromatic nitrogens is 1. The Morgan fingerprint density at radius 2 is 1.73 bits per heavy atom. The van der Waals surface area contributed by atoms with Crippen molar-refractivity contribution in [3.63, 3.8) is 0 Å². The van der Waals surface area contributed by atoms with Crippen LogP contribution in [0, 0.1) is 0 Å². The van der Waals surface area contributed by atoms with E-state index in [4.69, 9.17) is 4.98 Å². The zero-order valence-electron chi connectivity index (χ0n) is 15.4. The van der Waals surface area contributed by atoms with E-state index in [2.05, 4.69) is 41.0 Å². The Morgan fingerprint density at radius 3 is 2.50 bits per heavy atom. The zero-order chi connectivity index (χ0) is 17.9. The predicted molar refractivity (Wildman–Crippen MR) is 103 cm³/mol. The van der Waals surface area contributed by atoms with E-state index < -0.39 is 0 Å². The van der Waals surface area contributed by atoms with Crippen molar-refractivity contribution >= 4 is 11.7 Å². The highest BCUT2D eigenvalue weighted by atomic mass is 16.2. The first-order valence-corrected chi connectivity index (χ1v) is 9.55. The summed E-state index contributed by atoms with van der Waals surface area (Å²) >= 11 is 0. The summed E-state index contributed by atoms with van der Waals surface area (Å²) < 4.78 is 0. The normalized spacial score (nSPS) is 17.9. The Kier molecular flexibility index (Phi) is 4.89. The van der Waals surface area contributed by atoms with Gasteiger partial charge in [0.15, 0.2) is 0 Å². The maximum absolute atomic E-state index is 12.9. The van der Waals surface area contributed by atoms with E-state index >= 15 is 0 Å². The van der Waals surface area contributed by atoms with E-state index in [0.29, 0.717) is 5.69 Å². The van der Waals surface area contributed by atoms with E-state index in [1.807, 2.05) is 23.1 Å². The van der Waals surface area contributed by atoms with Gasteiger partial charge in [-0.3, -0.25) is 4.79 Å². The molecule has 1 aromatic carbocycles. The van der Waals surface area contributed by atoms with Crippen molar-refractivity contribution in [1.82, 2.24) is 14.8 Å². The Labute approximate surface area is 155 Å². The van der Waals surface area contributed by atoms with Crippen molar-refractivity contribution < 1.29 is 4.79 Å². The second-order valence-corrected chi connectivity index (χ2v) is 7.05. The van der Waals surface area contributed by atoms with Crippen LogP contribution in [0.4, 0.5) is 5.82 Å². The molecule has 0 bridgehead atoms. The van der Waals surface area contributed by atoms with Gasteiger partial charge in [-0.05, 0) is 36.2 Å². The van der Waals surface area contributed by atoms with Crippen LogP contribution in [-0.4, -0.2) is 60.0 Å². The summed E-state index contributed by atoms with van der Waals surface area (Å²) in [5.41, 5.74) is 3.34. The van der Waals surface area contributed by atoms with Crippen molar-refractivity contribution in [2.75, 3.05) is 44.2 Å². The van der Waals surface area contributed by atoms with E-state index in [1.54, 1.807) is 0 Å². The summed E-state index contributed by atoms with van der Waals surface area (Å²) in [5.74, 6) is 0.956. The fraction of sp³-hybridized carbons (Fsp3) is 0.429. The molecule has 0 radical (unpaired) electrons. The molecule has 1 amide bonds. The lowest BCUT2D eigenvalue weighted by molar-refractivity contribution is 0.0637. The van der Waals surface area contributed by atoms with Crippen LogP contribution in [-0.2, 0) is 13.0 Å². The molecule has 136 valence electrons. The Morgan fingerprint density at radius 1 is 0.962 bits per heavy atom. The molecule has 4 rings (SSSR count). The van der Waals surface area contributed by atoms with Gasteiger partial charge in [0.2, 0.25) is 0 Å². The molecular formula is C21H26N4O. The Balaban J connectivity index is 1.48. The lowest BCUT2D eigenvalue weighted by Gasteiger charge is -2.34. The number of piperazine rings is 1. The third-order valence-electron chi connectivity index (χ3n) is 5.51. The molecule has 1 saturated heterocycles. The molecule has 2 aliphatic rings. The number of amides is 1. The number of hydrogen-bond donors (Lipinski definition) is 0. The fourth-order valence-corrected chi connectivity index (χ4v) is 3.84. The molecule has 0 saturated carbocycles. The second kappa shape index (κ2) is 7.46. The molecule has 26 heavy (non-hydrogen) atoms. The highest BCUT2D eigenvalue weighted by Gasteiger charge is 2.23. The lowest BCUT2D eigenvalue weighted by Crippen LogP contribution is -2.48. The maximum Gasteiger partial charge on any atom is 0.272 e. The number of pyridine rings is 1. The zero-order valence-corrected chi connectivity index (χ0v) is 15.4. The number of anilines is 1. The summed E-state index contributed by atoms with van der Waals surface area (Å²) in [6, 6.07) is 14.4. The molecule has 0 aliphatic carbocycles. The number of rotatable bonds is 3. The summed E-state index contributed by atoms with van der Waals surface area (Å²) in [6.45, 7) is 8.49. The van der Waals surface area contributed by atoms with E-state index in [0.717, 1.165) is 58.1 Å². The van der Waals surface area contributed by atoms with Crippen LogP contribution < -0.4 is 4.90 Å². The second-order valence-electron chi connectivity index (χ2n) is 7.05. The number of hydrogen-bond acceptors (Lipinski definition) is 4. The summed E-state index contributed by atoms with van der Waals surface area (Å²) in [7, 11) is 0. The molecule has 0 atom stereocenters.